The van der Waals surface area contributed by atoms with Crippen LogP contribution < -0.4 is 0 Å². The Morgan fingerprint density at radius 3 is 2.36 bits per heavy atom. The Kier molecular flexibility index (Phi) is 1.05. The second-order valence-corrected chi connectivity index (χ2v) is 2.35. The molecule has 0 saturated heterocycles. The molecule has 2 nitrogen and oxygen atoms in total. The molecule has 0 atom stereocenters. The molecule has 0 radical (unpaired) electrons. The van der Waals surface area contributed by atoms with Gasteiger partial charge >= 0.3 is 0 Å². The van der Waals surface area contributed by atoms with Crippen LogP contribution in [0.3, 0.4) is 0 Å². The van der Waals surface area contributed by atoms with E-state index in [1.165, 1.54) is 0 Å². The van der Waals surface area contributed by atoms with Crippen molar-refractivity contribution in [2.24, 2.45) is 0 Å². The molecule has 0 unspecified atom stereocenters. The normalized spacial score (nSPS) is 13.5. The van der Waals surface area contributed by atoms with Crippen molar-refractivity contribution < 1.29 is 9.59 Å². The third-order valence-corrected chi connectivity index (χ3v) is 1.77. The minimum absolute atomic E-state index is 0.181. The van der Waals surface area contributed by atoms with E-state index in [4.69, 9.17) is 0 Å². The second-order valence-electron chi connectivity index (χ2n) is 2.35. The van der Waals surface area contributed by atoms with Gasteiger partial charge in [0, 0.05) is 11.1 Å². The number of fused-ring (bicyclic) bond motifs is 1. The van der Waals surface area contributed by atoms with E-state index in [9.17, 15) is 9.59 Å². The van der Waals surface area contributed by atoms with Crippen LogP contribution in [0.2, 0.25) is 0 Å². The van der Waals surface area contributed by atoms with Crippen LogP contribution in [-0.2, 0) is 4.79 Å². The average Bonchev–Trinajstić information content (AvgIpc) is 2.05. The van der Waals surface area contributed by atoms with Crippen molar-refractivity contribution in [3.05, 3.63) is 35.4 Å². The summed E-state index contributed by atoms with van der Waals surface area (Å²) in [5, 5.41) is 0. The van der Waals surface area contributed by atoms with E-state index in [-0.39, 0.29) is 11.4 Å². The van der Waals surface area contributed by atoms with Crippen LogP contribution >= 0.6 is 0 Å². The highest BCUT2D eigenvalue weighted by Crippen LogP contribution is 2.31. The van der Waals surface area contributed by atoms with Crippen LogP contribution in [0.25, 0.3) is 5.57 Å². The van der Waals surface area contributed by atoms with Gasteiger partial charge in [0.1, 0.15) is 11.5 Å². The van der Waals surface area contributed by atoms with E-state index in [2.05, 4.69) is 0 Å². The molecule has 0 heterocycles. The summed E-state index contributed by atoms with van der Waals surface area (Å²) in [5.74, 6) is 1.44. The van der Waals surface area contributed by atoms with Gasteiger partial charge in [0.15, 0.2) is 0 Å². The van der Waals surface area contributed by atoms with Crippen LogP contribution in [0, 0.1) is 0 Å². The van der Waals surface area contributed by atoms with E-state index in [0.717, 1.165) is 5.56 Å². The Morgan fingerprint density at radius 2 is 1.73 bits per heavy atom. The van der Waals surface area contributed by atoms with Gasteiger partial charge in [-0.2, -0.15) is 0 Å². The van der Waals surface area contributed by atoms with Gasteiger partial charge < -0.3 is 0 Å². The van der Waals surface area contributed by atoms with Gasteiger partial charge in [0.25, 0.3) is 0 Å². The molecule has 0 amide bonds. The molecule has 0 aromatic heterocycles. The molecule has 1 aromatic carbocycles. The topological polar surface area (TPSA) is 34.1 Å². The first-order chi connectivity index (χ1) is 5.34. The van der Waals surface area contributed by atoms with Crippen LogP contribution in [0.4, 0.5) is 0 Å². The van der Waals surface area contributed by atoms with Crippen molar-refractivity contribution >= 4 is 17.3 Å². The summed E-state index contributed by atoms with van der Waals surface area (Å²) in [6.45, 7) is 0. The molecule has 52 valence electrons. The smallest absolute Gasteiger partial charge is 0.205 e. The van der Waals surface area contributed by atoms with Gasteiger partial charge in [0.2, 0.25) is 5.78 Å². The van der Waals surface area contributed by atoms with Gasteiger partial charge in [0.05, 0.1) is 0 Å². The van der Waals surface area contributed by atoms with E-state index < -0.39 is 0 Å². The molecule has 1 aliphatic rings. The SMILES string of the molecule is O=C=C1C(=O)c2ccccc21. The number of carbonyl (C=O) groups excluding carboxylic acids is 2. The van der Waals surface area contributed by atoms with Gasteiger partial charge in [-0.3, -0.25) is 4.79 Å². The summed E-state index contributed by atoms with van der Waals surface area (Å²) < 4.78 is 0. The van der Waals surface area contributed by atoms with Gasteiger partial charge in [-0.15, -0.1) is 0 Å². The van der Waals surface area contributed by atoms with Crippen LogP contribution in [0.1, 0.15) is 15.9 Å². The molecule has 1 aliphatic carbocycles. The summed E-state index contributed by atoms with van der Waals surface area (Å²) in [7, 11) is 0. The highest BCUT2D eigenvalue weighted by molar-refractivity contribution is 6.44. The van der Waals surface area contributed by atoms with Gasteiger partial charge in [-0.25, -0.2) is 4.79 Å². The Morgan fingerprint density at radius 1 is 1.09 bits per heavy atom. The summed E-state index contributed by atoms with van der Waals surface area (Å²) in [5.41, 5.74) is 1.54. The summed E-state index contributed by atoms with van der Waals surface area (Å²) in [6, 6.07) is 7.02. The highest BCUT2D eigenvalue weighted by Gasteiger charge is 2.29. The number of hydrogen-bond acceptors (Lipinski definition) is 2. The first-order valence-corrected chi connectivity index (χ1v) is 3.24. The molecule has 0 fully saturated rings. The van der Waals surface area contributed by atoms with Crippen LogP contribution in [0.5, 0.6) is 0 Å². The minimum atomic E-state index is -0.185. The average molecular weight is 144 g/mol. The largest absolute Gasteiger partial charge is 0.288 e. The first kappa shape index (κ1) is 6.08. The van der Waals surface area contributed by atoms with E-state index >= 15 is 0 Å². The monoisotopic (exact) mass is 144 g/mol. The van der Waals surface area contributed by atoms with Crippen molar-refractivity contribution in [1.82, 2.24) is 0 Å². The Hall–Kier alpha value is -1.66. The maximum absolute atomic E-state index is 11.0. The van der Waals surface area contributed by atoms with Crippen molar-refractivity contribution in [3.63, 3.8) is 0 Å². The molecule has 0 spiro atoms. The predicted molar refractivity (Wildman–Crippen MR) is 39.9 cm³/mol. The zero-order valence-electron chi connectivity index (χ0n) is 5.63. The third kappa shape index (κ3) is 0.615. The van der Waals surface area contributed by atoms with Crippen molar-refractivity contribution in [3.8, 4) is 0 Å². The number of Topliss-reactive ketones (excluding diaryl/α,β-unsaturated/α-hetero) is 1. The van der Waals surface area contributed by atoms with Crippen molar-refractivity contribution in [2.45, 2.75) is 0 Å². The molecule has 11 heavy (non-hydrogen) atoms. The van der Waals surface area contributed by atoms with E-state index in [0.29, 0.717) is 5.56 Å². The molecule has 1 aromatic rings. The lowest BCUT2D eigenvalue weighted by atomic mass is 9.83. The van der Waals surface area contributed by atoms with Crippen LogP contribution in [0.15, 0.2) is 24.3 Å². The number of hydrogen-bond donors (Lipinski definition) is 0. The molecule has 0 N–H and O–H groups in total. The summed E-state index contributed by atoms with van der Waals surface area (Å²) in [4.78, 5) is 21.2. The molecular formula is C9H4O2. The van der Waals surface area contributed by atoms with Crippen molar-refractivity contribution in [1.29, 1.82) is 0 Å². The van der Waals surface area contributed by atoms with Crippen LogP contribution in [-0.4, -0.2) is 11.7 Å². The molecule has 0 aliphatic heterocycles. The van der Waals surface area contributed by atoms with E-state index in [1.807, 2.05) is 0 Å². The maximum atomic E-state index is 11.0. The molecular weight excluding hydrogens is 140 g/mol. The van der Waals surface area contributed by atoms with Gasteiger partial charge in [-0.1, -0.05) is 24.3 Å². The number of rotatable bonds is 0. The fourth-order valence-corrected chi connectivity index (χ4v) is 1.19. The zero-order valence-corrected chi connectivity index (χ0v) is 5.63. The van der Waals surface area contributed by atoms with E-state index in [1.54, 1.807) is 30.2 Å². The number of carbonyl (C=O) groups is 1. The molecule has 2 heteroatoms. The fraction of sp³-hybridized carbons (Fsp3) is 0. The molecule has 2 rings (SSSR count). The Bertz CT molecular complexity index is 384. The number of ketones is 1. The Balaban J connectivity index is 2.74. The van der Waals surface area contributed by atoms with Crippen molar-refractivity contribution in [2.75, 3.05) is 0 Å². The fourth-order valence-electron chi connectivity index (χ4n) is 1.19. The first-order valence-electron chi connectivity index (χ1n) is 3.24. The lowest BCUT2D eigenvalue weighted by Gasteiger charge is -2.16. The molecule has 0 saturated carbocycles. The lowest BCUT2D eigenvalue weighted by molar-refractivity contribution is 0.104. The summed E-state index contributed by atoms with van der Waals surface area (Å²) >= 11 is 0. The minimum Gasteiger partial charge on any atom is -0.288 e. The third-order valence-electron chi connectivity index (χ3n) is 1.77. The standard InChI is InChI=1S/C9H4O2/c10-5-8-6-3-1-2-4-7(6)9(8)11/h1-4H. The maximum Gasteiger partial charge on any atom is 0.205 e. The quantitative estimate of drug-likeness (QED) is 0.403. The summed E-state index contributed by atoms with van der Waals surface area (Å²) in [6.07, 6.45) is 0. The lowest BCUT2D eigenvalue weighted by Crippen LogP contribution is -2.17. The molecule has 0 bridgehead atoms. The Labute approximate surface area is 63.2 Å². The zero-order chi connectivity index (χ0) is 7.84. The number of benzene rings is 1. The van der Waals surface area contributed by atoms with Gasteiger partial charge in [-0.05, 0) is 0 Å². The highest BCUT2D eigenvalue weighted by atomic mass is 16.1. The number of allylic oxidation sites excluding steroid dienone is 1. The predicted octanol–water partition coefficient (Wildman–Crippen LogP) is 1.10. The second kappa shape index (κ2) is 1.91.